The summed E-state index contributed by atoms with van der Waals surface area (Å²) in [6.07, 6.45) is 1.43. The second-order valence-corrected chi connectivity index (χ2v) is 9.43. The molecule has 1 N–H and O–H groups in total. The van der Waals surface area contributed by atoms with Crippen molar-refractivity contribution < 1.29 is 28.0 Å². The van der Waals surface area contributed by atoms with Crippen molar-refractivity contribution in [3.8, 4) is 0 Å². The Morgan fingerprint density at radius 3 is 2.48 bits per heavy atom. The quantitative estimate of drug-likeness (QED) is 0.211. The Morgan fingerprint density at radius 2 is 1.96 bits per heavy atom. The van der Waals surface area contributed by atoms with Crippen LogP contribution in [0, 0.1) is 0 Å². The van der Waals surface area contributed by atoms with Crippen molar-refractivity contribution in [3.63, 3.8) is 0 Å². The number of hydrogen-bond donors (Lipinski definition) is 1. The monoisotopic (exact) mass is 386 g/mol. The number of rotatable bonds is 9. The first-order chi connectivity index (χ1) is 10.8. The second kappa shape index (κ2) is 11.9. The summed E-state index contributed by atoms with van der Waals surface area (Å²) in [5.74, 6) is -0.669. The molecule has 2 atom stereocenters. The molecule has 0 rings (SSSR count). The minimum Gasteiger partial charge on any atom is -0.301 e. The van der Waals surface area contributed by atoms with Crippen molar-refractivity contribution in [1.29, 1.82) is 0 Å². The van der Waals surface area contributed by atoms with Crippen LogP contribution in [0.25, 0.3) is 0 Å². The molecule has 0 bridgehead atoms. The van der Waals surface area contributed by atoms with E-state index in [0.29, 0.717) is 11.5 Å². The third kappa shape index (κ3) is 10.0. The number of nitrogens with one attached hydrogen (secondary N) is 1. The topological polar surface area (TPSA) is 103 Å². The van der Waals surface area contributed by atoms with Gasteiger partial charge >= 0.3 is 12.9 Å². The third-order valence-corrected chi connectivity index (χ3v) is 7.06. The number of carbonyl (C=O) groups excluding carboxylic acids is 2. The van der Waals surface area contributed by atoms with Crippen LogP contribution in [-0.4, -0.2) is 41.8 Å². The van der Waals surface area contributed by atoms with E-state index in [1.165, 1.54) is 18.7 Å². The zero-order valence-electron chi connectivity index (χ0n) is 13.9. The van der Waals surface area contributed by atoms with E-state index in [-0.39, 0.29) is 13.2 Å². The molecule has 0 heterocycles. The van der Waals surface area contributed by atoms with Crippen LogP contribution in [-0.2, 0) is 23.2 Å². The van der Waals surface area contributed by atoms with E-state index in [0.717, 1.165) is 11.4 Å². The van der Waals surface area contributed by atoms with Gasteiger partial charge < -0.3 is 9.05 Å². The van der Waals surface area contributed by atoms with E-state index in [9.17, 15) is 14.2 Å². The van der Waals surface area contributed by atoms with Gasteiger partial charge in [-0.15, -0.1) is 11.8 Å². The molecule has 0 aromatic heterocycles. The van der Waals surface area contributed by atoms with Gasteiger partial charge in [-0.25, -0.2) is 9.36 Å². The smallest absolute Gasteiger partial charge is 0.301 e. The Bertz CT molecular complexity index is 474. The average Bonchev–Trinajstić information content (AvgIpc) is 2.50. The standard InChI is InChI=1S/C12H23N2O6PS2/c1-6-8-19-21(17,18-7-2)23-9(3)11(15)13-12(16)20-14-10(4)22-5/h9H,6-8H2,1-5H3,(H,13,15,16)/t9-,21?/m0/s1. The Morgan fingerprint density at radius 1 is 1.30 bits per heavy atom. The second-order valence-electron chi connectivity index (χ2n) is 4.13. The fourth-order valence-electron chi connectivity index (χ4n) is 1.07. The lowest BCUT2D eigenvalue weighted by Crippen LogP contribution is -2.35. The van der Waals surface area contributed by atoms with Crippen LogP contribution < -0.4 is 5.32 Å². The van der Waals surface area contributed by atoms with E-state index < -0.39 is 24.0 Å². The van der Waals surface area contributed by atoms with Gasteiger partial charge in [-0.05, 0) is 44.8 Å². The number of amides is 2. The van der Waals surface area contributed by atoms with Gasteiger partial charge in [0, 0.05) is 0 Å². The van der Waals surface area contributed by atoms with Crippen molar-refractivity contribution in [3.05, 3.63) is 0 Å². The molecule has 8 nitrogen and oxygen atoms in total. The Balaban J connectivity index is 4.57. The highest BCUT2D eigenvalue weighted by Crippen LogP contribution is 2.62. The summed E-state index contributed by atoms with van der Waals surface area (Å²) in [4.78, 5) is 27.8. The molecule has 2 amide bonds. The van der Waals surface area contributed by atoms with Gasteiger partial charge in [-0.2, -0.15) is 0 Å². The van der Waals surface area contributed by atoms with Crippen molar-refractivity contribution in [2.24, 2.45) is 5.16 Å². The third-order valence-electron chi connectivity index (χ3n) is 2.17. The zero-order valence-corrected chi connectivity index (χ0v) is 16.4. The molecular formula is C12H23N2O6PS2. The number of imide groups is 1. The highest BCUT2D eigenvalue weighted by Gasteiger charge is 2.32. The van der Waals surface area contributed by atoms with Gasteiger partial charge in [0.1, 0.15) is 5.04 Å². The van der Waals surface area contributed by atoms with Crippen molar-refractivity contribution in [1.82, 2.24) is 5.32 Å². The fraction of sp³-hybridized carbons (Fsp3) is 0.750. The first kappa shape index (κ1) is 22.5. The largest absolute Gasteiger partial charge is 0.440 e. The Kier molecular flexibility index (Phi) is 11.6. The van der Waals surface area contributed by atoms with Crippen LogP contribution in [0.3, 0.4) is 0 Å². The number of hydrogen-bond acceptors (Lipinski definition) is 9. The summed E-state index contributed by atoms with van der Waals surface area (Å²) < 4.78 is 22.8. The molecule has 0 aromatic rings. The molecule has 0 aromatic carbocycles. The minimum absolute atomic E-state index is 0.188. The predicted molar refractivity (Wildman–Crippen MR) is 93.8 cm³/mol. The van der Waals surface area contributed by atoms with E-state index in [4.69, 9.17) is 9.05 Å². The van der Waals surface area contributed by atoms with Gasteiger partial charge in [0.15, 0.2) is 0 Å². The maximum atomic E-state index is 12.4. The maximum absolute atomic E-state index is 12.4. The summed E-state index contributed by atoms with van der Waals surface area (Å²) in [6.45, 7) is 3.68. The molecule has 0 saturated carbocycles. The number of carbonyl (C=O) groups is 2. The molecule has 0 aliphatic carbocycles. The predicted octanol–water partition coefficient (Wildman–Crippen LogP) is 3.63. The van der Waals surface area contributed by atoms with Crippen molar-refractivity contribution in [2.45, 2.75) is 39.4 Å². The number of nitrogens with zero attached hydrogens (tertiary/aromatic N) is 1. The molecule has 0 spiro atoms. The Hall–Kier alpha value is -0.540. The zero-order chi connectivity index (χ0) is 17.9. The molecule has 0 fully saturated rings. The SMILES string of the molecule is CCCOP(=O)(OCC)S[C@@H](C)C(=O)NC(=O)ON=C(C)SC. The molecular weight excluding hydrogens is 363 g/mol. The van der Waals surface area contributed by atoms with Crippen LogP contribution in [0.1, 0.15) is 34.1 Å². The lowest BCUT2D eigenvalue weighted by molar-refractivity contribution is -0.119. The molecule has 0 saturated heterocycles. The molecule has 1 unspecified atom stereocenters. The van der Waals surface area contributed by atoms with Gasteiger partial charge in [0.25, 0.3) is 0 Å². The van der Waals surface area contributed by atoms with E-state index in [1.807, 2.05) is 12.2 Å². The molecule has 0 radical (unpaired) electrons. The van der Waals surface area contributed by atoms with Crippen LogP contribution in [0.15, 0.2) is 5.16 Å². The average molecular weight is 386 g/mol. The van der Waals surface area contributed by atoms with Gasteiger partial charge in [-0.1, -0.05) is 12.1 Å². The van der Waals surface area contributed by atoms with Crippen LogP contribution in [0.5, 0.6) is 0 Å². The van der Waals surface area contributed by atoms with Crippen molar-refractivity contribution in [2.75, 3.05) is 19.5 Å². The summed E-state index contributed by atoms with van der Waals surface area (Å²) in [5.41, 5.74) is 0. The lowest BCUT2D eigenvalue weighted by atomic mass is 10.4. The summed E-state index contributed by atoms with van der Waals surface area (Å²) in [5, 5.41) is 5.21. The van der Waals surface area contributed by atoms with Gasteiger partial charge in [0.2, 0.25) is 5.91 Å². The highest BCUT2D eigenvalue weighted by molar-refractivity contribution is 8.55. The molecule has 11 heteroatoms. The summed E-state index contributed by atoms with van der Waals surface area (Å²) in [6, 6.07) is 0. The first-order valence-electron chi connectivity index (χ1n) is 6.95. The van der Waals surface area contributed by atoms with E-state index >= 15 is 0 Å². The van der Waals surface area contributed by atoms with Crippen LogP contribution in [0.4, 0.5) is 4.79 Å². The summed E-state index contributed by atoms with van der Waals surface area (Å²) >= 11 is 2.04. The lowest BCUT2D eigenvalue weighted by Gasteiger charge is -2.19. The Labute approximate surface area is 144 Å². The van der Waals surface area contributed by atoms with Crippen LogP contribution in [0.2, 0.25) is 0 Å². The minimum atomic E-state index is -3.45. The number of oxime groups is 1. The first-order valence-corrected chi connectivity index (χ1v) is 11.2. The summed E-state index contributed by atoms with van der Waals surface area (Å²) in [7, 11) is 0. The molecule has 134 valence electrons. The highest BCUT2D eigenvalue weighted by atomic mass is 32.7. The van der Waals surface area contributed by atoms with Crippen molar-refractivity contribution >= 4 is 47.0 Å². The fourth-order valence-corrected chi connectivity index (χ4v) is 5.00. The van der Waals surface area contributed by atoms with Crippen LogP contribution >= 0.6 is 29.9 Å². The van der Waals surface area contributed by atoms with E-state index in [2.05, 4.69) is 9.99 Å². The molecule has 0 aliphatic heterocycles. The normalized spacial score (nSPS) is 15.6. The number of thioether (sulfide) groups is 1. The molecule has 0 aliphatic rings. The maximum Gasteiger partial charge on any atom is 0.440 e. The molecule has 23 heavy (non-hydrogen) atoms. The van der Waals surface area contributed by atoms with Gasteiger partial charge in [-0.3, -0.25) is 14.9 Å². The van der Waals surface area contributed by atoms with Gasteiger partial charge in [0.05, 0.1) is 18.5 Å². The van der Waals surface area contributed by atoms with E-state index in [1.54, 1.807) is 20.1 Å².